The number of hydrogen-bond acceptors (Lipinski definition) is 3. The van der Waals surface area contributed by atoms with Gasteiger partial charge in [-0.25, -0.2) is 0 Å². The van der Waals surface area contributed by atoms with E-state index in [2.05, 4.69) is 34.6 Å². The van der Waals surface area contributed by atoms with E-state index in [9.17, 15) is 5.26 Å². The Morgan fingerprint density at radius 3 is 2.50 bits per heavy atom. The van der Waals surface area contributed by atoms with Crippen LogP contribution in [0.15, 0.2) is 42.6 Å². The lowest BCUT2D eigenvalue weighted by Crippen LogP contribution is -2.43. The minimum atomic E-state index is -0.342. The lowest BCUT2D eigenvalue weighted by molar-refractivity contribution is 0.356. The summed E-state index contributed by atoms with van der Waals surface area (Å²) >= 11 is 0. The third-order valence-corrected chi connectivity index (χ3v) is 4.01. The summed E-state index contributed by atoms with van der Waals surface area (Å²) in [6.45, 7) is 2.01. The number of benzene rings is 1. The summed E-state index contributed by atoms with van der Waals surface area (Å²) in [6, 6.07) is 14.7. The number of nitriles is 1. The zero-order valence-electron chi connectivity index (χ0n) is 11.6. The van der Waals surface area contributed by atoms with E-state index in [1.165, 1.54) is 0 Å². The van der Waals surface area contributed by atoms with Crippen molar-refractivity contribution >= 4 is 5.69 Å². The molecule has 1 fully saturated rings. The van der Waals surface area contributed by atoms with Crippen LogP contribution in [0.5, 0.6) is 0 Å². The molecule has 1 aromatic carbocycles. The molecule has 0 aliphatic heterocycles. The SMILES string of the molecule is Cc1ncccc1-c1ccc(NC2(C#N)CCC2)cc1. The van der Waals surface area contributed by atoms with Crippen LogP contribution in [0.25, 0.3) is 11.1 Å². The number of aromatic nitrogens is 1. The van der Waals surface area contributed by atoms with Crippen molar-refractivity contribution in [3.63, 3.8) is 0 Å². The fraction of sp³-hybridized carbons (Fsp3) is 0.294. The fourth-order valence-electron chi connectivity index (χ4n) is 2.59. The maximum atomic E-state index is 9.25. The molecule has 0 atom stereocenters. The number of nitrogens with zero attached hydrogens (tertiary/aromatic N) is 2. The van der Waals surface area contributed by atoms with Crippen molar-refractivity contribution in [2.24, 2.45) is 0 Å². The topological polar surface area (TPSA) is 48.7 Å². The Kier molecular flexibility index (Phi) is 3.15. The Labute approximate surface area is 119 Å². The van der Waals surface area contributed by atoms with E-state index < -0.39 is 0 Å². The van der Waals surface area contributed by atoms with Gasteiger partial charge in [0.2, 0.25) is 0 Å². The number of anilines is 1. The van der Waals surface area contributed by atoms with E-state index in [0.29, 0.717) is 0 Å². The zero-order valence-corrected chi connectivity index (χ0v) is 11.6. The zero-order chi connectivity index (χ0) is 14.0. The molecule has 3 heteroatoms. The fourth-order valence-corrected chi connectivity index (χ4v) is 2.59. The minimum Gasteiger partial charge on any atom is -0.367 e. The molecular formula is C17H17N3. The molecule has 1 aliphatic rings. The number of rotatable bonds is 3. The van der Waals surface area contributed by atoms with Crippen LogP contribution >= 0.6 is 0 Å². The van der Waals surface area contributed by atoms with E-state index in [4.69, 9.17) is 0 Å². The average molecular weight is 263 g/mol. The van der Waals surface area contributed by atoms with Gasteiger partial charge in [0.05, 0.1) is 6.07 Å². The van der Waals surface area contributed by atoms with Crippen molar-refractivity contribution in [2.45, 2.75) is 31.7 Å². The molecule has 20 heavy (non-hydrogen) atoms. The first-order valence-electron chi connectivity index (χ1n) is 6.94. The van der Waals surface area contributed by atoms with Crippen LogP contribution in [-0.4, -0.2) is 10.5 Å². The van der Waals surface area contributed by atoms with Gasteiger partial charge in [-0.15, -0.1) is 0 Å². The molecule has 0 amide bonds. The molecule has 1 heterocycles. The van der Waals surface area contributed by atoms with Gasteiger partial charge in [-0.2, -0.15) is 5.26 Å². The summed E-state index contributed by atoms with van der Waals surface area (Å²) in [4.78, 5) is 4.31. The molecule has 1 N–H and O–H groups in total. The van der Waals surface area contributed by atoms with E-state index in [-0.39, 0.29) is 5.54 Å². The molecule has 100 valence electrons. The Morgan fingerprint density at radius 1 is 1.20 bits per heavy atom. The van der Waals surface area contributed by atoms with Crippen molar-refractivity contribution in [2.75, 3.05) is 5.32 Å². The quantitative estimate of drug-likeness (QED) is 0.913. The minimum absolute atomic E-state index is 0.342. The summed E-state index contributed by atoms with van der Waals surface area (Å²) in [5.74, 6) is 0. The lowest BCUT2D eigenvalue weighted by Gasteiger charge is -2.36. The van der Waals surface area contributed by atoms with E-state index >= 15 is 0 Å². The molecule has 0 spiro atoms. The van der Waals surface area contributed by atoms with E-state index in [1.807, 2.05) is 31.3 Å². The number of aryl methyl sites for hydroxylation is 1. The summed E-state index contributed by atoms with van der Waals surface area (Å²) < 4.78 is 0. The summed E-state index contributed by atoms with van der Waals surface area (Å²) in [5.41, 5.74) is 4.00. The summed E-state index contributed by atoms with van der Waals surface area (Å²) in [7, 11) is 0. The molecule has 1 aliphatic carbocycles. The molecule has 3 nitrogen and oxygen atoms in total. The molecule has 0 radical (unpaired) electrons. The number of nitrogens with one attached hydrogen (secondary N) is 1. The normalized spacial score (nSPS) is 16.0. The first-order chi connectivity index (χ1) is 9.72. The van der Waals surface area contributed by atoms with Gasteiger partial charge in [-0.3, -0.25) is 4.98 Å². The lowest BCUT2D eigenvalue weighted by atomic mass is 9.78. The van der Waals surface area contributed by atoms with Crippen LogP contribution < -0.4 is 5.32 Å². The third kappa shape index (κ3) is 2.25. The van der Waals surface area contributed by atoms with Crippen LogP contribution in [0, 0.1) is 18.3 Å². The largest absolute Gasteiger partial charge is 0.367 e. The molecule has 0 unspecified atom stereocenters. The van der Waals surface area contributed by atoms with Gasteiger partial charge < -0.3 is 5.32 Å². The van der Waals surface area contributed by atoms with Gasteiger partial charge in [0.15, 0.2) is 0 Å². The molecule has 1 aromatic heterocycles. The van der Waals surface area contributed by atoms with Crippen LogP contribution in [0.2, 0.25) is 0 Å². The maximum absolute atomic E-state index is 9.25. The highest BCUT2D eigenvalue weighted by Gasteiger charge is 2.36. The summed E-state index contributed by atoms with van der Waals surface area (Å²) in [6.07, 6.45) is 4.81. The molecule has 0 bridgehead atoms. The van der Waals surface area contributed by atoms with Crippen LogP contribution in [0.1, 0.15) is 25.0 Å². The molecule has 1 saturated carbocycles. The number of pyridine rings is 1. The van der Waals surface area contributed by atoms with Gasteiger partial charge in [-0.1, -0.05) is 18.2 Å². The standard InChI is InChI=1S/C17H17N3/c1-13-16(4-2-11-19-13)14-5-7-15(8-6-14)20-17(12-18)9-3-10-17/h2,4-8,11,20H,3,9-10H2,1H3. The van der Waals surface area contributed by atoms with Crippen molar-refractivity contribution in [1.82, 2.24) is 4.98 Å². The van der Waals surface area contributed by atoms with Gasteiger partial charge in [0.25, 0.3) is 0 Å². The second-order valence-electron chi connectivity index (χ2n) is 5.39. The van der Waals surface area contributed by atoms with Gasteiger partial charge in [-0.05, 0) is 49.9 Å². The Hall–Kier alpha value is -2.34. The highest BCUT2D eigenvalue weighted by molar-refractivity contribution is 5.68. The molecular weight excluding hydrogens is 246 g/mol. The van der Waals surface area contributed by atoms with Crippen molar-refractivity contribution in [3.05, 3.63) is 48.3 Å². The van der Waals surface area contributed by atoms with Gasteiger partial charge in [0.1, 0.15) is 5.54 Å². The second kappa shape index (κ2) is 4.97. The Morgan fingerprint density at radius 2 is 1.95 bits per heavy atom. The third-order valence-electron chi connectivity index (χ3n) is 4.01. The van der Waals surface area contributed by atoms with Crippen molar-refractivity contribution in [3.8, 4) is 17.2 Å². The monoisotopic (exact) mass is 263 g/mol. The number of hydrogen-bond donors (Lipinski definition) is 1. The van der Waals surface area contributed by atoms with Crippen LogP contribution in [-0.2, 0) is 0 Å². The van der Waals surface area contributed by atoms with Gasteiger partial charge >= 0.3 is 0 Å². The van der Waals surface area contributed by atoms with E-state index in [1.54, 1.807) is 0 Å². The molecule has 3 rings (SSSR count). The predicted molar refractivity (Wildman–Crippen MR) is 80.2 cm³/mol. The first kappa shape index (κ1) is 12.7. The predicted octanol–water partition coefficient (Wildman–Crippen LogP) is 3.92. The van der Waals surface area contributed by atoms with Crippen LogP contribution in [0.3, 0.4) is 0 Å². The highest BCUT2D eigenvalue weighted by Crippen LogP contribution is 2.35. The van der Waals surface area contributed by atoms with Crippen molar-refractivity contribution < 1.29 is 0 Å². The first-order valence-corrected chi connectivity index (χ1v) is 6.94. The van der Waals surface area contributed by atoms with E-state index in [0.717, 1.165) is 41.8 Å². The van der Waals surface area contributed by atoms with Gasteiger partial charge in [0, 0.05) is 23.1 Å². The van der Waals surface area contributed by atoms with Crippen LogP contribution in [0.4, 0.5) is 5.69 Å². The Balaban J connectivity index is 1.82. The highest BCUT2D eigenvalue weighted by atomic mass is 15.0. The summed E-state index contributed by atoms with van der Waals surface area (Å²) in [5, 5.41) is 12.6. The second-order valence-corrected chi connectivity index (χ2v) is 5.39. The smallest absolute Gasteiger partial charge is 0.125 e. The van der Waals surface area contributed by atoms with Crippen molar-refractivity contribution in [1.29, 1.82) is 5.26 Å². The maximum Gasteiger partial charge on any atom is 0.125 e. The average Bonchev–Trinajstić information content (AvgIpc) is 2.44. The molecule has 2 aromatic rings. The Bertz CT molecular complexity index is 649. The molecule has 0 saturated heterocycles.